The molecule has 2 N–H and O–H groups in total. The fraction of sp³-hybridized carbons (Fsp3) is 0.444. The monoisotopic (exact) mass is 529 g/mol. The molecule has 11 heteroatoms. The zero-order valence-electron chi connectivity index (χ0n) is 22.1. The Balaban J connectivity index is 1.70. The predicted octanol–water partition coefficient (Wildman–Crippen LogP) is 4.46. The van der Waals surface area contributed by atoms with Gasteiger partial charge < -0.3 is 24.6 Å². The van der Waals surface area contributed by atoms with E-state index in [4.69, 9.17) is 0 Å². The summed E-state index contributed by atoms with van der Waals surface area (Å²) in [5.41, 5.74) is -0.618. The number of halogens is 3. The van der Waals surface area contributed by atoms with E-state index in [2.05, 4.69) is 60.1 Å². The molecule has 0 atom stereocenters. The number of benzene rings is 1. The van der Waals surface area contributed by atoms with Gasteiger partial charge in [-0.15, -0.1) is 23.4 Å². The van der Waals surface area contributed by atoms with Gasteiger partial charge in [0.05, 0.1) is 5.56 Å². The number of piperidine rings is 1. The van der Waals surface area contributed by atoms with Crippen molar-refractivity contribution in [1.29, 1.82) is 0 Å². The molecule has 0 radical (unpaired) electrons. The molecule has 0 unspecified atom stereocenters. The maximum atomic E-state index is 13.3. The van der Waals surface area contributed by atoms with E-state index in [-0.39, 0.29) is 39.5 Å². The summed E-state index contributed by atoms with van der Waals surface area (Å²) >= 11 is 0. The van der Waals surface area contributed by atoms with E-state index >= 15 is 0 Å². The minimum atomic E-state index is -5.04. The Hall–Kier alpha value is -3.78. The lowest BCUT2D eigenvalue weighted by atomic mass is 9.79. The van der Waals surface area contributed by atoms with Crippen LogP contribution in [0.3, 0.4) is 0 Å². The van der Waals surface area contributed by atoms with Crippen LogP contribution >= 0.6 is 0 Å². The van der Waals surface area contributed by atoms with Gasteiger partial charge in [0.1, 0.15) is 11.5 Å². The number of nitrogens with zero attached hydrogens (tertiary/aromatic N) is 4. The first-order chi connectivity index (χ1) is 17.5. The van der Waals surface area contributed by atoms with E-state index in [0.29, 0.717) is 11.4 Å². The zero-order valence-corrected chi connectivity index (χ0v) is 22.1. The average Bonchev–Trinajstić information content (AvgIpc) is 2.77. The molecule has 2 aromatic heterocycles. The SMILES string of the molecule is CN(c1c#cc(-c2c(O)cc(-c3ccn(C)c(=O)c3)cc2OC(F)(F)F)nn1)C1CC(C)(C)NC(C)(C)C1. The number of nitrogens with one attached hydrogen (secondary N) is 1. The summed E-state index contributed by atoms with van der Waals surface area (Å²) in [4.78, 5) is 14.0. The van der Waals surface area contributed by atoms with Gasteiger partial charge in [0, 0.05) is 43.5 Å². The van der Waals surface area contributed by atoms with Gasteiger partial charge in [0.15, 0.2) is 5.69 Å². The Labute approximate surface area is 219 Å². The van der Waals surface area contributed by atoms with Crippen LogP contribution in [0.25, 0.3) is 22.4 Å². The van der Waals surface area contributed by atoms with Gasteiger partial charge in [-0.25, -0.2) is 0 Å². The van der Waals surface area contributed by atoms with Crippen molar-refractivity contribution in [2.45, 2.75) is 64.0 Å². The quantitative estimate of drug-likeness (QED) is 0.504. The smallest absolute Gasteiger partial charge is 0.507 e. The molecule has 1 aromatic carbocycles. The first-order valence-corrected chi connectivity index (χ1v) is 12.0. The molecule has 1 fully saturated rings. The predicted molar refractivity (Wildman–Crippen MR) is 137 cm³/mol. The number of aromatic nitrogens is 3. The number of hydrogen-bond donors (Lipinski definition) is 2. The van der Waals surface area contributed by atoms with Gasteiger partial charge in [-0.1, -0.05) is 0 Å². The Morgan fingerprint density at radius 2 is 1.76 bits per heavy atom. The van der Waals surface area contributed by atoms with Crippen molar-refractivity contribution < 1.29 is 23.0 Å². The van der Waals surface area contributed by atoms with Crippen LogP contribution in [0, 0.1) is 12.1 Å². The lowest BCUT2D eigenvalue weighted by Crippen LogP contribution is -2.62. The Morgan fingerprint density at radius 3 is 2.32 bits per heavy atom. The Kier molecular flexibility index (Phi) is 6.82. The van der Waals surface area contributed by atoms with Gasteiger partial charge in [0.25, 0.3) is 5.56 Å². The van der Waals surface area contributed by atoms with Crippen molar-refractivity contribution in [3.8, 4) is 33.9 Å². The standard InChI is InChI=1S/C27H30F3N5O3/c1-25(2)14-18(15-26(3,4)33-25)35(6)22-8-7-19(31-32-22)24-20(36)11-17(12-21(24)38-27(28,29)30)16-9-10-34(5)23(37)13-16/h9-13,18,33,36H,14-15H2,1-6H3. The number of phenols is 1. The number of rotatable bonds is 5. The van der Waals surface area contributed by atoms with E-state index in [0.717, 1.165) is 18.9 Å². The molecule has 0 bridgehead atoms. The number of aryl methyl sites for hydroxylation is 1. The Bertz CT molecular complexity index is 1370. The molecule has 1 aliphatic rings. The largest absolute Gasteiger partial charge is 0.573 e. The van der Waals surface area contributed by atoms with E-state index in [1.165, 1.54) is 22.9 Å². The van der Waals surface area contributed by atoms with Crippen LogP contribution in [0.4, 0.5) is 19.0 Å². The number of hydrogen-bond acceptors (Lipinski definition) is 7. The van der Waals surface area contributed by atoms with Crippen molar-refractivity contribution in [1.82, 2.24) is 20.1 Å². The second-order valence-corrected chi connectivity index (χ2v) is 11.0. The molecule has 1 aliphatic heterocycles. The van der Waals surface area contributed by atoms with Gasteiger partial charge >= 0.3 is 6.36 Å². The molecule has 0 amide bonds. The number of aromatic hydroxyl groups is 1. The van der Waals surface area contributed by atoms with Crippen LogP contribution < -0.4 is 20.5 Å². The molecule has 8 nitrogen and oxygen atoms in total. The molecular formula is C27H30F3N5O3. The molecule has 0 aliphatic carbocycles. The third-order valence-electron chi connectivity index (χ3n) is 6.57. The molecule has 3 aromatic rings. The van der Waals surface area contributed by atoms with Crippen molar-refractivity contribution in [2.24, 2.45) is 7.05 Å². The number of anilines is 1. The second kappa shape index (κ2) is 9.51. The topological polar surface area (TPSA) is 92.5 Å². The second-order valence-electron chi connectivity index (χ2n) is 11.0. The normalized spacial score (nSPS) is 17.1. The highest BCUT2D eigenvalue weighted by atomic mass is 19.4. The summed E-state index contributed by atoms with van der Waals surface area (Å²) in [6, 6.07) is 10.9. The molecule has 4 rings (SSSR count). The average molecular weight is 530 g/mol. The molecule has 38 heavy (non-hydrogen) atoms. The number of ether oxygens (including phenoxy) is 1. The van der Waals surface area contributed by atoms with Gasteiger partial charge in [-0.2, -0.15) is 0 Å². The summed E-state index contributed by atoms with van der Waals surface area (Å²) in [5.74, 6) is -0.860. The van der Waals surface area contributed by atoms with Crippen LogP contribution in [-0.4, -0.2) is 50.4 Å². The van der Waals surface area contributed by atoms with Crippen LogP contribution in [-0.2, 0) is 7.05 Å². The van der Waals surface area contributed by atoms with Crippen molar-refractivity contribution >= 4 is 5.82 Å². The molecule has 0 spiro atoms. The van der Waals surface area contributed by atoms with E-state index in [1.54, 1.807) is 13.1 Å². The third-order valence-corrected chi connectivity index (χ3v) is 6.57. The summed E-state index contributed by atoms with van der Waals surface area (Å²) in [7, 11) is 3.41. The summed E-state index contributed by atoms with van der Waals surface area (Å²) in [5, 5.41) is 22.6. The lowest BCUT2D eigenvalue weighted by molar-refractivity contribution is -0.274. The molecule has 3 heterocycles. The maximum Gasteiger partial charge on any atom is 0.573 e. The van der Waals surface area contributed by atoms with E-state index in [9.17, 15) is 23.1 Å². The number of pyridine rings is 1. The number of alkyl halides is 3. The lowest BCUT2D eigenvalue weighted by Gasteiger charge is -2.48. The van der Waals surface area contributed by atoms with Gasteiger partial charge in [0.2, 0.25) is 5.82 Å². The van der Waals surface area contributed by atoms with Crippen LogP contribution in [0.15, 0.2) is 35.3 Å². The highest BCUT2D eigenvalue weighted by Gasteiger charge is 2.39. The van der Waals surface area contributed by atoms with Crippen LogP contribution in [0.5, 0.6) is 11.5 Å². The van der Waals surface area contributed by atoms with Crippen LogP contribution in [0.2, 0.25) is 0 Å². The van der Waals surface area contributed by atoms with Gasteiger partial charge in [-0.3, -0.25) is 4.79 Å². The highest BCUT2D eigenvalue weighted by Crippen LogP contribution is 2.42. The Morgan fingerprint density at radius 1 is 1.11 bits per heavy atom. The third kappa shape index (κ3) is 6.02. The first-order valence-electron chi connectivity index (χ1n) is 12.0. The summed E-state index contributed by atoms with van der Waals surface area (Å²) in [6.45, 7) is 8.51. The molecule has 0 saturated carbocycles. The minimum Gasteiger partial charge on any atom is -0.507 e. The van der Waals surface area contributed by atoms with E-state index < -0.39 is 17.9 Å². The fourth-order valence-electron chi connectivity index (χ4n) is 5.19. The van der Waals surface area contributed by atoms with Crippen molar-refractivity contribution in [2.75, 3.05) is 11.9 Å². The first kappa shape index (κ1) is 27.3. The highest BCUT2D eigenvalue weighted by molar-refractivity contribution is 5.79. The van der Waals surface area contributed by atoms with Crippen molar-refractivity contribution in [3.63, 3.8) is 0 Å². The van der Waals surface area contributed by atoms with Gasteiger partial charge in [-0.05, 0) is 82.0 Å². The molecule has 202 valence electrons. The maximum absolute atomic E-state index is 13.3. The number of phenolic OH excluding ortho intramolecular Hbond substituents is 1. The molecule has 1 saturated heterocycles. The van der Waals surface area contributed by atoms with Crippen LogP contribution in [0.1, 0.15) is 40.5 Å². The minimum absolute atomic E-state index is 0.112. The van der Waals surface area contributed by atoms with Crippen molar-refractivity contribution in [3.05, 3.63) is 52.9 Å². The summed E-state index contributed by atoms with van der Waals surface area (Å²) in [6.07, 6.45) is -1.91. The fourth-order valence-corrected chi connectivity index (χ4v) is 5.19. The molecular weight excluding hydrogens is 499 g/mol. The zero-order chi connectivity index (χ0) is 28.0. The summed E-state index contributed by atoms with van der Waals surface area (Å²) < 4.78 is 45.5. The van der Waals surface area contributed by atoms with E-state index in [1.807, 2.05) is 11.9 Å².